The average Bonchev–Trinajstić information content (AvgIpc) is 2.30. The predicted octanol–water partition coefficient (Wildman–Crippen LogP) is 5.38. The summed E-state index contributed by atoms with van der Waals surface area (Å²) < 4.78 is 18.2. The summed E-state index contributed by atoms with van der Waals surface area (Å²) in [6, 6.07) is 0. The number of thiocarbonyl (C=S) groups is 3. The van der Waals surface area contributed by atoms with E-state index in [1.807, 2.05) is 0 Å². The zero-order valence-electron chi connectivity index (χ0n) is 13.4. The van der Waals surface area contributed by atoms with E-state index in [9.17, 15) is 0 Å². The van der Waals surface area contributed by atoms with E-state index in [1.165, 1.54) is 25.7 Å². The van der Waals surface area contributed by atoms with Crippen LogP contribution in [0.1, 0.15) is 66.2 Å². The van der Waals surface area contributed by atoms with Gasteiger partial charge < -0.3 is 0 Å². The molecular weight excluding hydrogens is 431 g/mol. The quantitative estimate of drug-likeness (QED) is 0.249. The fraction of sp³-hybridized carbons (Fsp3) is 0.786. The molecule has 0 aromatic rings. The van der Waals surface area contributed by atoms with E-state index in [1.54, 1.807) is 20.8 Å². The van der Waals surface area contributed by atoms with Gasteiger partial charge in [-0.3, -0.25) is 0 Å². The zero-order chi connectivity index (χ0) is 16.3. The molecule has 0 aliphatic carbocycles. The Kier molecular flexibility index (Phi) is 12.2. The van der Waals surface area contributed by atoms with Gasteiger partial charge in [0, 0.05) is 0 Å². The van der Waals surface area contributed by atoms with E-state index >= 15 is 0 Å². The van der Waals surface area contributed by atoms with Crippen LogP contribution < -0.4 is 0 Å². The fourth-order valence-electron chi connectivity index (χ4n) is 1.99. The Labute approximate surface area is 150 Å². The van der Waals surface area contributed by atoms with E-state index in [4.69, 9.17) is 45.9 Å². The molecule has 3 nitrogen and oxygen atoms in total. The summed E-state index contributed by atoms with van der Waals surface area (Å²) in [5.74, 6) is 0. The number of hydrogen-bond acceptors (Lipinski definition) is 6. The number of hydrogen-bond donors (Lipinski definition) is 0. The van der Waals surface area contributed by atoms with Crippen molar-refractivity contribution in [2.45, 2.75) is 70.7 Å². The molecule has 0 bridgehead atoms. The van der Waals surface area contributed by atoms with Crippen molar-refractivity contribution in [2.75, 3.05) is 0 Å². The summed E-state index contributed by atoms with van der Waals surface area (Å²) in [5, 5.41) is 1.30. The molecule has 21 heavy (non-hydrogen) atoms. The molecule has 7 heteroatoms. The molecule has 0 rings (SSSR count). The van der Waals surface area contributed by atoms with Crippen molar-refractivity contribution in [3.8, 4) is 0 Å². The maximum absolute atomic E-state index is 5.81. The third-order valence-electron chi connectivity index (χ3n) is 2.73. The second-order valence-corrected chi connectivity index (χ2v) is 13.8. The normalized spacial score (nSPS) is 10.9. The Hall–Kier alpha value is 0.469. The summed E-state index contributed by atoms with van der Waals surface area (Å²) in [6.07, 6.45) is 7.16. The molecule has 0 aromatic carbocycles. The van der Waals surface area contributed by atoms with Crippen LogP contribution in [-0.2, 0) is 9.22 Å². The van der Waals surface area contributed by atoms with E-state index in [2.05, 4.69) is 6.92 Å². The van der Waals surface area contributed by atoms with Crippen molar-refractivity contribution in [3.63, 3.8) is 0 Å². The second kappa shape index (κ2) is 12.0. The molecule has 0 aliphatic rings. The van der Waals surface area contributed by atoms with Crippen molar-refractivity contribution in [1.29, 1.82) is 0 Å². The maximum atomic E-state index is 5.81. The molecule has 0 heterocycles. The van der Waals surface area contributed by atoms with E-state index in [-0.39, 0.29) is 0 Å². The third kappa shape index (κ3) is 11.7. The minimum atomic E-state index is -3.83. The van der Waals surface area contributed by atoms with Crippen molar-refractivity contribution in [2.24, 2.45) is 0 Å². The van der Waals surface area contributed by atoms with Gasteiger partial charge in [0.15, 0.2) is 0 Å². The SMILES string of the molecule is CCCCCCC[CH2][Sn]([O]C(C)=S)([O]C(C)=S)[O]C(C)=S. The van der Waals surface area contributed by atoms with Crippen LogP contribution in [0, 0.1) is 0 Å². The van der Waals surface area contributed by atoms with Gasteiger partial charge >= 0.3 is 151 Å². The number of rotatable bonds is 10. The van der Waals surface area contributed by atoms with Gasteiger partial charge in [-0.1, -0.05) is 0 Å². The Bertz CT molecular complexity index is 321. The van der Waals surface area contributed by atoms with Gasteiger partial charge in [-0.2, -0.15) is 0 Å². The summed E-state index contributed by atoms with van der Waals surface area (Å²) in [5.41, 5.74) is 0. The van der Waals surface area contributed by atoms with Crippen molar-refractivity contribution >= 4 is 71.4 Å². The van der Waals surface area contributed by atoms with Crippen LogP contribution >= 0.6 is 36.7 Å². The molecule has 122 valence electrons. The monoisotopic (exact) mass is 458 g/mol. The first-order valence-electron chi connectivity index (χ1n) is 7.40. The molecule has 0 spiro atoms. The molecule has 0 N–H and O–H groups in total. The van der Waals surface area contributed by atoms with E-state index in [0.29, 0.717) is 15.2 Å². The van der Waals surface area contributed by atoms with Crippen LogP contribution in [0.3, 0.4) is 0 Å². The fourth-order valence-corrected chi connectivity index (χ4v) is 11.5. The van der Waals surface area contributed by atoms with Crippen LogP contribution in [0.2, 0.25) is 4.44 Å². The van der Waals surface area contributed by atoms with Gasteiger partial charge in [0.05, 0.1) is 0 Å². The molecule has 0 aromatic heterocycles. The minimum absolute atomic E-state index is 0.435. The third-order valence-corrected chi connectivity index (χ3v) is 12.3. The molecular formula is C14H26O3S3Sn. The Balaban J connectivity index is 4.62. The van der Waals surface area contributed by atoms with Crippen molar-refractivity contribution < 1.29 is 9.22 Å². The van der Waals surface area contributed by atoms with Crippen molar-refractivity contribution in [3.05, 3.63) is 0 Å². The molecule has 0 saturated heterocycles. The van der Waals surface area contributed by atoms with E-state index in [0.717, 1.165) is 17.3 Å². The molecule has 0 aliphatic heterocycles. The number of unbranched alkanes of at least 4 members (excludes halogenated alkanes) is 5. The van der Waals surface area contributed by atoms with Crippen LogP contribution in [0.4, 0.5) is 0 Å². The van der Waals surface area contributed by atoms with Crippen LogP contribution in [0.15, 0.2) is 0 Å². The Morgan fingerprint density at radius 1 is 0.714 bits per heavy atom. The summed E-state index contributed by atoms with van der Waals surface area (Å²) in [7, 11) is 0. The van der Waals surface area contributed by atoms with Crippen LogP contribution in [0.5, 0.6) is 0 Å². The molecule has 0 atom stereocenters. The first-order valence-corrected chi connectivity index (χ1v) is 14.1. The molecule has 0 radical (unpaired) electrons. The van der Waals surface area contributed by atoms with Crippen LogP contribution in [0.25, 0.3) is 0 Å². The van der Waals surface area contributed by atoms with Gasteiger partial charge in [-0.25, -0.2) is 0 Å². The first kappa shape index (κ1) is 21.5. The summed E-state index contributed by atoms with van der Waals surface area (Å²) in [6.45, 7) is 7.40. The Morgan fingerprint density at radius 2 is 1.10 bits per heavy atom. The average molecular weight is 457 g/mol. The van der Waals surface area contributed by atoms with Crippen molar-refractivity contribution in [1.82, 2.24) is 0 Å². The van der Waals surface area contributed by atoms with Gasteiger partial charge in [0.1, 0.15) is 0 Å². The topological polar surface area (TPSA) is 27.7 Å². The van der Waals surface area contributed by atoms with Gasteiger partial charge in [0.2, 0.25) is 0 Å². The van der Waals surface area contributed by atoms with E-state index < -0.39 is 19.6 Å². The Morgan fingerprint density at radius 3 is 1.48 bits per heavy atom. The van der Waals surface area contributed by atoms with Gasteiger partial charge in [0.25, 0.3) is 0 Å². The summed E-state index contributed by atoms with van der Waals surface area (Å²) >= 11 is 11.4. The molecule has 0 unspecified atom stereocenters. The van der Waals surface area contributed by atoms with Crippen LogP contribution in [-0.4, -0.2) is 34.8 Å². The summed E-state index contributed by atoms with van der Waals surface area (Å²) in [4.78, 5) is 0. The zero-order valence-corrected chi connectivity index (χ0v) is 18.7. The van der Waals surface area contributed by atoms with Gasteiger partial charge in [-0.15, -0.1) is 0 Å². The first-order chi connectivity index (χ1) is 9.81. The molecule has 0 amide bonds. The standard InChI is InChI=1S/C8H17.3C2H4OS.Sn/c1-3-5-7-8-6-4-2;3*1-2(3)4;/h1,3-8H2,2H3;3*1H3,(H,3,4);/q;;;;+3/p-3. The van der Waals surface area contributed by atoms with Gasteiger partial charge in [-0.05, 0) is 0 Å². The second-order valence-electron chi connectivity index (χ2n) is 4.98. The molecule has 0 fully saturated rings. The predicted molar refractivity (Wildman–Crippen MR) is 102 cm³/mol. The molecule has 0 saturated carbocycles.